The largest absolute Gasteiger partial charge is 0.309 e. The Morgan fingerprint density at radius 1 is 0.351 bits per heavy atom. The van der Waals surface area contributed by atoms with E-state index in [0.29, 0.717) is 0 Å². The highest BCUT2D eigenvalue weighted by Gasteiger charge is 2.37. The number of nitrogens with zero attached hydrogens (tertiary/aromatic N) is 2. The Hall–Kier alpha value is -8.72. The Kier molecular flexibility index (Phi) is 11.4. The van der Waals surface area contributed by atoms with Gasteiger partial charge in [0.1, 0.15) is 0 Å². The molecular weight excluding hydrogens is 929 g/mol. The minimum absolute atomic E-state index is 0.0303. The van der Waals surface area contributed by atoms with Gasteiger partial charge in [0.25, 0.3) is 0 Å². The van der Waals surface area contributed by atoms with Gasteiger partial charge in [-0.1, -0.05) is 250 Å². The topological polar surface area (TPSA) is 8.17 Å². The molecule has 0 spiro atoms. The summed E-state index contributed by atoms with van der Waals surface area (Å²) in [7, 11) is 0. The van der Waals surface area contributed by atoms with Crippen LogP contribution in [0.2, 0.25) is 0 Å². The zero-order valence-corrected chi connectivity index (χ0v) is 45.5. The van der Waals surface area contributed by atoms with Crippen molar-refractivity contribution in [3.63, 3.8) is 0 Å². The Morgan fingerprint density at radius 2 is 0.844 bits per heavy atom. The van der Waals surface area contributed by atoms with E-state index in [4.69, 9.17) is 0 Å². The van der Waals surface area contributed by atoms with E-state index < -0.39 is 0 Å². The minimum atomic E-state index is -0.149. The van der Waals surface area contributed by atoms with Crippen LogP contribution in [0.3, 0.4) is 0 Å². The summed E-state index contributed by atoms with van der Waals surface area (Å²) in [5.41, 5.74) is 24.2. The predicted molar refractivity (Wildman–Crippen MR) is 330 cm³/mol. The van der Waals surface area contributed by atoms with Gasteiger partial charge < -0.3 is 9.47 Å². The second-order valence-electron chi connectivity index (χ2n) is 23.7. The van der Waals surface area contributed by atoms with Gasteiger partial charge in [-0.3, -0.25) is 0 Å². The molecule has 13 rings (SSSR count). The van der Waals surface area contributed by atoms with Gasteiger partial charge in [0.15, 0.2) is 0 Å². The lowest BCUT2D eigenvalue weighted by atomic mass is 9.78. The summed E-state index contributed by atoms with van der Waals surface area (Å²) in [6.07, 6.45) is 0. The molecule has 0 radical (unpaired) electrons. The number of hydrogen-bond donors (Lipinski definition) is 0. The van der Waals surface area contributed by atoms with Crippen LogP contribution in [0.4, 0.5) is 17.1 Å². The molecule has 0 N–H and O–H groups in total. The van der Waals surface area contributed by atoms with Gasteiger partial charge >= 0.3 is 0 Å². The van der Waals surface area contributed by atoms with Crippen molar-refractivity contribution < 1.29 is 0 Å². The summed E-state index contributed by atoms with van der Waals surface area (Å²) in [5.74, 6) is 0. The van der Waals surface area contributed by atoms with Gasteiger partial charge in [0.2, 0.25) is 0 Å². The quantitative estimate of drug-likeness (QED) is 0.147. The first-order valence-electron chi connectivity index (χ1n) is 27.3. The number of fused-ring (bicyclic) bond motifs is 7. The molecule has 0 amide bonds. The van der Waals surface area contributed by atoms with Crippen molar-refractivity contribution >= 4 is 49.6 Å². The third kappa shape index (κ3) is 8.00. The molecule has 0 bridgehead atoms. The number of para-hydroxylation sites is 5. The van der Waals surface area contributed by atoms with Gasteiger partial charge in [0, 0.05) is 38.6 Å². The van der Waals surface area contributed by atoms with E-state index in [0.717, 1.165) is 39.4 Å². The van der Waals surface area contributed by atoms with Crippen molar-refractivity contribution in [3.8, 4) is 61.3 Å². The maximum atomic E-state index is 2.57. The SMILES string of the molecule is CC(C)(C)c1cc(-c2cccc3cccc(-c4ccccc4N(c4ccccc4-c4ccc5c(c4)c4ccccc4n5-c4ccccc4)c4ccccc4-c4cccc5c4-c4ccccc4C5(C)C)c23)cc(C(C)(C)C)c1. The number of aromatic nitrogens is 1. The highest BCUT2D eigenvalue weighted by molar-refractivity contribution is 6.12. The van der Waals surface area contributed by atoms with Crippen LogP contribution >= 0.6 is 0 Å². The Morgan fingerprint density at radius 3 is 1.52 bits per heavy atom. The van der Waals surface area contributed by atoms with Crippen molar-refractivity contribution in [2.75, 3.05) is 4.90 Å². The van der Waals surface area contributed by atoms with Crippen LogP contribution in [0.25, 0.3) is 93.9 Å². The maximum absolute atomic E-state index is 2.57. The van der Waals surface area contributed by atoms with Crippen molar-refractivity contribution in [2.24, 2.45) is 0 Å². The zero-order chi connectivity index (χ0) is 52.8. The molecule has 1 aliphatic carbocycles. The molecule has 11 aromatic carbocycles. The minimum Gasteiger partial charge on any atom is -0.309 e. The van der Waals surface area contributed by atoms with Crippen LogP contribution in [0.15, 0.2) is 243 Å². The molecule has 0 atom stereocenters. The average Bonchev–Trinajstić information content (AvgIpc) is 4.05. The van der Waals surface area contributed by atoms with E-state index >= 15 is 0 Å². The molecule has 1 aromatic heterocycles. The fourth-order valence-corrected chi connectivity index (χ4v) is 12.5. The molecule has 0 saturated heterocycles. The Bertz CT molecular complexity index is 4230. The van der Waals surface area contributed by atoms with Crippen molar-refractivity contribution in [3.05, 3.63) is 265 Å². The summed E-state index contributed by atoms with van der Waals surface area (Å²) in [4.78, 5) is 2.57. The zero-order valence-electron chi connectivity index (χ0n) is 45.5. The van der Waals surface area contributed by atoms with Crippen molar-refractivity contribution in [1.29, 1.82) is 0 Å². The van der Waals surface area contributed by atoms with Crippen molar-refractivity contribution in [1.82, 2.24) is 4.57 Å². The molecular formula is C75H64N2. The molecule has 0 saturated carbocycles. The lowest BCUT2D eigenvalue weighted by Crippen LogP contribution is -2.16. The van der Waals surface area contributed by atoms with Gasteiger partial charge in [-0.15, -0.1) is 0 Å². The fraction of sp³-hybridized carbons (Fsp3) is 0.147. The summed E-state index contributed by atoms with van der Waals surface area (Å²) < 4.78 is 2.40. The lowest BCUT2D eigenvalue weighted by molar-refractivity contribution is 0.569. The summed E-state index contributed by atoms with van der Waals surface area (Å²) in [6, 6.07) is 90.9. The van der Waals surface area contributed by atoms with Gasteiger partial charge in [-0.05, 0) is 131 Å². The van der Waals surface area contributed by atoms with Crippen LogP contribution in [0.1, 0.15) is 77.6 Å². The van der Waals surface area contributed by atoms with Crippen LogP contribution < -0.4 is 4.90 Å². The summed E-state index contributed by atoms with van der Waals surface area (Å²) in [6.45, 7) is 18.7. The molecule has 1 heterocycles. The molecule has 0 unspecified atom stereocenters. The molecule has 2 heteroatoms. The fourth-order valence-electron chi connectivity index (χ4n) is 12.5. The van der Waals surface area contributed by atoms with E-state index in [1.54, 1.807) is 0 Å². The molecule has 12 aromatic rings. The molecule has 0 aliphatic heterocycles. The second kappa shape index (κ2) is 18.2. The smallest absolute Gasteiger partial charge is 0.0541 e. The number of rotatable bonds is 8. The van der Waals surface area contributed by atoms with Gasteiger partial charge in [0.05, 0.1) is 28.1 Å². The molecule has 374 valence electrons. The summed E-state index contributed by atoms with van der Waals surface area (Å²) >= 11 is 0. The number of hydrogen-bond acceptors (Lipinski definition) is 1. The molecule has 2 nitrogen and oxygen atoms in total. The monoisotopic (exact) mass is 993 g/mol. The first-order valence-corrected chi connectivity index (χ1v) is 27.3. The Labute approximate surface area is 454 Å². The third-order valence-electron chi connectivity index (χ3n) is 16.5. The summed E-state index contributed by atoms with van der Waals surface area (Å²) in [5, 5.41) is 4.91. The molecule has 0 fully saturated rings. The molecule has 1 aliphatic rings. The maximum Gasteiger partial charge on any atom is 0.0541 e. The van der Waals surface area contributed by atoms with E-state index in [2.05, 4.69) is 308 Å². The van der Waals surface area contributed by atoms with Crippen LogP contribution in [-0.2, 0) is 16.2 Å². The average molecular weight is 993 g/mol. The van der Waals surface area contributed by atoms with E-state index in [1.807, 2.05) is 0 Å². The third-order valence-corrected chi connectivity index (χ3v) is 16.5. The van der Waals surface area contributed by atoms with Crippen molar-refractivity contribution in [2.45, 2.75) is 71.6 Å². The van der Waals surface area contributed by atoms with E-state index in [9.17, 15) is 0 Å². The van der Waals surface area contributed by atoms with Crippen LogP contribution in [0.5, 0.6) is 0 Å². The number of benzene rings is 11. The lowest BCUT2D eigenvalue weighted by Gasteiger charge is -2.32. The Balaban J connectivity index is 1.09. The highest BCUT2D eigenvalue weighted by Crippen LogP contribution is 2.55. The first kappa shape index (κ1) is 48.0. The predicted octanol–water partition coefficient (Wildman–Crippen LogP) is 21.0. The first-order chi connectivity index (χ1) is 37.3. The van der Waals surface area contributed by atoms with Crippen LogP contribution in [-0.4, -0.2) is 4.57 Å². The second-order valence-corrected chi connectivity index (χ2v) is 23.7. The van der Waals surface area contributed by atoms with Gasteiger partial charge in [-0.2, -0.15) is 0 Å². The molecule has 77 heavy (non-hydrogen) atoms. The standard InChI is InChI=1S/C75H64N2/c1-73(2,3)52-45-51(46-53(48-52)74(4,5)6)56-34-22-25-49-26-23-35-60(71(49)56)57-30-14-20-41-68(57)77(69-42-21-15-31-58(69)61-36-24-38-65-72(61)62-33-12-17-37-64(62)75(65,7)8)66-39-18-13-29-55(66)50-43-44-70-63(47-50)59-32-16-19-40-67(59)76(70)54-27-10-9-11-28-54/h9-48H,1-8H3. The van der Waals surface area contributed by atoms with Gasteiger partial charge in [-0.25, -0.2) is 0 Å². The normalized spacial score (nSPS) is 13.0. The van der Waals surface area contributed by atoms with E-state index in [-0.39, 0.29) is 16.2 Å². The highest BCUT2D eigenvalue weighted by atomic mass is 15.2. The van der Waals surface area contributed by atoms with E-state index in [1.165, 1.54) is 93.8 Å². The number of anilines is 3. The van der Waals surface area contributed by atoms with Crippen LogP contribution in [0, 0.1) is 0 Å².